The lowest BCUT2D eigenvalue weighted by Crippen LogP contribution is -1.97. The molecule has 0 rings (SSSR count). The van der Waals surface area contributed by atoms with Crippen LogP contribution in [0.3, 0.4) is 0 Å². The molecule has 0 saturated carbocycles. The third kappa shape index (κ3) is 25.1. The van der Waals surface area contributed by atoms with Crippen molar-refractivity contribution in [2.45, 2.75) is 155 Å². The Kier molecular flexibility index (Phi) is 26.1. The van der Waals surface area contributed by atoms with Gasteiger partial charge in [0.15, 0.2) is 0 Å². The molecule has 0 radical (unpaired) electrons. The average molecular weight is 430 g/mol. The minimum atomic E-state index is 0.314. The molecule has 0 amide bonds. The Labute approximate surface area is 196 Å². The van der Waals surface area contributed by atoms with Crippen molar-refractivity contribution in [2.24, 2.45) is 5.92 Å². The first-order chi connectivity index (χ1) is 15.3. The van der Waals surface area contributed by atoms with Crippen molar-refractivity contribution >= 4 is 0 Å². The van der Waals surface area contributed by atoms with E-state index in [-0.39, 0.29) is 0 Å². The van der Waals surface area contributed by atoms with Gasteiger partial charge in [-0.15, -0.1) is 0 Å². The van der Waals surface area contributed by atoms with E-state index in [2.05, 4.69) is 44.2 Å². The molecule has 1 heteroatoms. The summed E-state index contributed by atoms with van der Waals surface area (Å²) in [5.74, 6) is 0.314. The second kappa shape index (κ2) is 27.0. The van der Waals surface area contributed by atoms with Crippen LogP contribution in [0.2, 0.25) is 0 Å². The first kappa shape index (κ1) is 30.0. The summed E-state index contributed by atoms with van der Waals surface area (Å²) in [5.41, 5.74) is 0. The standard InChI is InChI=1S/C30H55N/c1-3-5-7-9-11-12-13-14-15-16-17-18-19-20-22-24-26-28-30(29-31)27-25-23-21-10-8-6-4-2/h11-12,14-15,30H,3-10,13,16-28H2,1-2H3/b12-11-,15-14-. The van der Waals surface area contributed by atoms with Crippen molar-refractivity contribution < 1.29 is 0 Å². The van der Waals surface area contributed by atoms with Crippen molar-refractivity contribution in [3.8, 4) is 6.07 Å². The molecule has 1 unspecified atom stereocenters. The van der Waals surface area contributed by atoms with Crippen LogP contribution in [0.4, 0.5) is 0 Å². The first-order valence-corrected chi connectivity index (χ1v) is 14.0. The van der Waals surface area contributed by atoms with Crippen molar-refractivity contribution in [3.05, 3.63) is 24.3 Å². The number of allylic oxidation sites excluding steroid dienone is 4. The minimum absolute atomic E-state index is 0.314. The molecule has 0 aromatic carbocycles. The number of unbranched alkanes of at least 4 members (excludes halogenated alkanes) is 16. The van der Waals surface area contributed by atoms with Crippen molar-refractivity contribution in [1.82, 2.24) is 0 Å². The Balaban J connectivity index is 3.35. The minimum Gasteiger partial charge on any atom is -0.198 e. The zero-order valence-corrected chi connectivity index (χ0v) is 21.4. The second-order valence-electron chi connectivity index (χ2n) is 9.46. The highest BCUT2D eigenvalue weighted by Crippen LogP contribution is 2.19. The third-order valence-electron chi connectivity index (χ3n) is 6.34. The van der Waals surface area contributed by atoms with Gasteiger partial charge in [-0.2, -0.15) is 5.26 Å². The molecular weight excluding hydrogens is 374 g/mol. The van der Waals surface area contributed by atoms with Gasteiger partial charge in [0.1, 0.15) is 0 Å². The summed E-state index contributed by atoms with van der Waals surface area (Å²) in [6.07, 6.45) is 38.1. The van der Waals surface area contributed by atoms with Crippen LogP contribution in [0.1, 0.15) is 155 Å². The third-order valence-corrected chi connectivity index (χ3v) is 6.34. The Morgan fingerprint density at radius 3 is 1.39 bits per heavy atom. The molecule has 0 aliphatic rings. The van der Waals surface area contributed by atoms with Crippen LogP contribution >= 0.6 is 0 Å². The molecule has 31 heavy (non-hydrogen) atoms. The Hall–Kier alpha value is -1.03. The van der Waals surface area contributed by atoms with Crippen molar-refractivity contribution in [2.75, 3.05) is 0 Å². The summed E-state index contributed by atoms with van der Waals surface area (Å²) in [6.45, 7) is 4.53. The van der Waals surface area contributed by atoms with Crippen LogP contribution in [0.5, 0.6) is 0 Å². The molecule has 0 bridgehead atoms. The molecule has 0 aliphatic carbocycles. The van der Waals surface area contributed by atoms with Gasteiger partial charge in [0, 0.05) is 5.92 Å². The second-order valence-corrected chi connectivity index (χ2v) is 9.46. The first-order valence-electron chi connectivity index (χ1n) is 14.0. The molecule has 180 valence electrons. The molecule has 0 aliphatic heterocycles. The Bertz CT molecular complexity index is 428. The maximum Gasteiger partial charge on any atom is 0.0655 e. The molecule has 0 fully saturated rings. The van der Waals surface area contributed by atoms with Gasteiger partial charge < -0.3 is 0 Å². The molecular formula is C30H55N. The van der Waals surface area contributed by atoms with Gasteiger partial charge in [-0.1, -0.05) is 134 Å². The summed E-state index contributed by atoms with van der Waals surface area (Å²) in [6, 6.07) is 2.56. The summed E-state index contributed by atoms with van der Waals surface area (Å²) >= 11 is 0. The van der Waals surface area contributed by atoms with Gasteiger partial charge in [0.05, 0.1) is 6.07 Å². The van der Waals surface area contributed by atoms with Crippen LogP contribution in [-0.4, -0.2) is 0 Å². The topological polar surface area (TPSA) is 23.8 Å². The average Bonchev–Trinajstić information content (AvgIpc) is 2.79. The van der Waals surface area contributed by atoms with Crippen LogP contribution in [-0.2, 0) is 0 Å². The van der Waals surface area contributed by atoms with E-state index in [0.29, 0.717) is 5.92 Å². The molecule has 0 spiro atoms. The van der Waals surface area contributed by atoms with E-state index in [4.69, 9.17) is 0 Å². The van der Waals surface area contributed by atoms with Gasteiger partial charge in [0.2, 0.25) is 0 Å². The molecule has 1 nitrogen and oxygen atoms in total. The van der Waals surface area contributed by atoms with E-state index < -0.39 is 0 Å². The van der Waals surface area contributed by atoms with E-state index in [1.807, 2.05) is 0 Å². The van der Waals surface area contributed by atoms with Gasteiger partial charge in [-0.05, 0) is 44.9 Å². The van der Waals surface area contributed by atoms with Crippen LogP contribution in [0, 0.1) is 17.2 Å². The normalized spacial score (nSPS) is 12.7. The SMILES string of the molecule is CCCCC/C=C\C/C=C\CCCCCCCCCC(C#N)CCCCCCCCC. The predicted octanol–water partition coefficient (Wildman–Crippen LogP) is 10.9. The Morgan fingerprint density at radius 1 is 0.516 bits per heavy atom. The Morgan fingerprint density at radius 2 is 0.903 bits per heavy atom. The van der Waals surface area contributed by atoms with Gasteiger partial charge in [-0.3, -0.25) is 0 Å². The maximum absolute atomic E-state index is 9.37. The summed E-state index contributed by atoms with van der Waals surface area (Å²) in [5, 5.41) is 9.37. The molecule has 0 saturated heterocycles. The van der Waals surface area contributed by atoms with E-state index in [1.165, 1.54) is 122 Å². The highest BCUT2D eigenvalue weighted by molar-refractivity contribution is 4.92. The van der Waals surface area contributed by atoms with E-state index in [0.717, 1.165) is 19.3 Å². The van der Waals surface area contributed by atoms with Crippen LogP contribution in [0.15, 0.2) is 24.3 Å². The van der Waals surface area contributed by atoms with Crippen LogP contribution in [0.25, 0.3) is 0 Å². The van der Waals surface area contributed by atoms with Gasteiger partial charge in [-0.25, -0.2) is 0 Å². The fourth-order valence-electron chi connectivity index (χ4n) is 4.18. The number of hydrogen-bond acceptors (Lipinski definition) is 1. The van der Waals surface area contributed by atoms with Crippen molar-refractivity contribution in [1.29, 1.82) is 5.26 Å². The quantitative estimate of drug-likeness (QED) is 0.110. The summed E-state index contributed by atoms with van der Waals surface area (Å²) in [4.78, 5) is 0. The largest absolute Gasteiger partial charge is 0.198 e. The zero-order valence-electron chi connectivity index (χ0n) is 21.4. The highest BCUT2D eigenvalue weighted by Gasteiger charge is 2.06. The van der Waals surface area contributed by atoms with E-state index >= 15 is 0 Å². The molecule has 1 atom stereocenters. The number of hydrogen-bond donors (Lipinski definition) is 0. The maximum atomic E-state index is 9.37. The summed E-state index contributed by atoms with van der Waals surface area (Å²) in [7, 11) is 0. The van der Waals surface area contributed by atoms with Crippen LogP contribution < -0.4 is 0 Å². The summed E-state index contributed by atoms with van der Waals surface area (Å²) < 4.78 is 0. The van der Waals surface area contributed by atoms with Crippen molar-refractivity contribution in [3.63, 3.8) is 0 Å². The van der Waals surface area contributed by atoms with Gasteiger partial charge in [0.25, 0.3) is 0 Å². The fourth-order valence-corrected chi connectivity index (χ4v) is 4.18. The number of nitriles is 1. The zero-order chi connectivity index (χ0) is 22.7. The smallest absolute Gasteiger partial charge is 0.0655 e. The van der Waals surface area contributed by atoms with Gasteiger partial charge >= 0.3 is 0 Å². The molecule has 0 aromatic rings. The van der Waals surface area contributed by atoms with E-state index in [9.17, 15) is 5.26 Å². The molecule has 0 N–H and O–H groups in total. The lowest BCUT2D eigenvalue weighted by atomic mass is 9.95. The van der Waals surface area contributed by atoms with E-state index in [1.54, 1.807) is 0 Å². The lowest BCUT2D eigenvalue weighted by molar-refractivity contribution is 0.470. The molecule has 0 heterocycles. The highest BCUT2D eigenvalue weighted by atomic mass is 14.3. The number of rotatable bonds is 24. The molecule has 0 aromatic heterocycles. The lowest BCUT2D eigenvalue weighted by Gasteiger charge is -2.09. The number of nitrogens with zero attached hydrogens (tertiary/aromatic N) is 1. The predicted molar refractivity (Wildman–Crippen MR) is 140 cm³/mol. The fraction of sp³-hybridized carbons (Fsp3) is 0.833. The monoisotopic (exact) mass is 429 g/mol.